The van der Waals surface area contributed by atoms with Crippen molar-refractivity contribution < 1.29 is 4.79 Å². The Bertz CT molecular complexity index is 655. The average molecular weight is 278 g/mol. The monoisotopic (exact) mass is 278 g/mol. The molecule has 0 aliphatic heterocycles. The van der Waals surface area contributed by atoms with Crippen LogP contribution in [0.4, 0.5) is 0 Å². The van der Waals surface area contributed by atoms with Crippen molar-refractivity contribution in [3.8, 4) is 0 Å². The minimum absolute atomic E-state index is 0.0389. The van der Waals surface area contributed by atoms with E-state index in [1.807, 2.05) is 55.5 Å². The van der Waals surface area contributed by atoms with Crippen molar-refractivity contribution in [1.82, 2.24) is 0 Å². The lowest BCUT2D eigenvalue weighted by molar-refractivity contribution is 0.104. The van der Waals surface area contributed by atoms with Crippen LogP contribution < -0.4 is 0 Å². The Morgan fingerprint density at radius 3 is 2.24 bits per heavy atom. The standard InChI is InChI=1S/C20H22O/c1-15-6-5-7-16(14-15)8-13-19(21)17-9-11-18(12-10-17)20(2,3)4/h5-14H,1-4H3/b13-8+. The molecular weight excluding hydrogens is 256 g/mol. The molecule has 2 rings (SSSR count). The van der Waals surface area contributed by atoms with Gasteiger partial charge in [0.2, 0.25) is 0 Å². The second-order valence-electron chi connectivity index (χ2n) is 6.44. The summed E-state index contributed by atoms with van der Waals surface area (Å²) in [6.45, 7) is 8.55. The first-order valence-corrected chi connectivity index (χ1v) is 7.26. The molecule has 108 valence electrons. The smallest absolute Gasteiger partial charge is 0.185 e. The molecule has 0 aliphatic carbocycles. The van der Waals surface area contributed by atoms with E-state index < -0.39 is 0 Å². The molecule has 0 unspecified atom stereocenters. The number of benzene rings is 2. The van der Waals surface area contributed by atoms with Crippen molar-refractivity contribution in [2.45, 2.75) is 33.1 Å². The molecule has 0 fully saturated rings. The highest BCUT2D eigenvalue weighted by Gasteiger charge is 2.13. The first-order valence-electron chi connectivity index (χ1n) is 7.26. The van der Waals surface area contributed by atoms with E-state index in [1.54, 1.807) is 6.08 Å². The third-order valence-electron chi connectivity index (χ3n) is 3.50. The summed E-state index contributed by atoms with van der Waals surface area (Å²) in [6.07, 6.45) is 3.51. The number of hydrogen-bond acceptors (Lipinski definition) is 1. The molecule has 0 saturated heterocycles. The lowest BCUT2D eigenvalue weighted by Gasteiger charge is -2.18. The molecule has 1 heteroatoms. The van der Waals surface area contributed by atoms with Gasteiger partial charge in [-0.2, -0.15) is 0 Å². The Morgan fingerprint density at radius 2 is 1.67 bits per heavy atom. The number of aryl methyl sites for hydroxylation is 1. The van der Waals surface area contributed by atoms with Crippen molar-refractivity contribution in [3.63, 3.8) is 0 Å². The zero-order valence-electron chi connectivity index (χ0n) is 13.2. The SMILES string of the molecule is Cc1cccc(/C=C/C(=O)c2ccc(C(C)(C)C)cc2)c1. The Kier molecular flexibility index (Phi) is 4.42. The number of ketones is 1. The van der Waals surface area contributed by atoms with Crippen molar-refractivity contribution >= 4 is 11.9 Å². The summed E-state index contributed by atoms with van der Waals surface area (Å²) < 4.78 is 0. The van der Waals surface area contributed by atoms with E-state index in [-0.39, 0.29) is 11.2 Å². The van der Waals surface area contributed by atoms with E-state index in [0.29, 0.717) is 0 Å². The summed E-state index contributed by atoms with van der Waals surface area (Å²) in [4.78, 5) is 12.2. The van der Waals surface area contributed by atoms with Gasteiger partial charge in [-0.3, -0.25) is 4.79 Å². The maximum absolute atomic E-state index is 12.2. The normalized spacial score (nSPS) is 11.8. The third kappa shape index (κ3) is 4.16. The summed E-state index contributed by atoms with van der Waals surface area (Å²) in [5.41, 5.74) is 4.32. The van der Waals surface area contributed by atoms with Crippen molar-refractivity contribution in [3.05, 3.63) is 76.9 Å². The van der Waals surface area contributed by atoms with E-state index in [0.717, 1.165) is 11.1 Å². The zero-order chi connectivity index (χ0) is 15.5. The molecule has 1 nitrogen and oxygen atoms in total. The van der Waals surface area contributed by atoms with E-state index in [2.05, 4.69) is 26.8 Å². The molecule has 0 saturated carbocycles. The van der Waals surface area contributed by atoms with Crippen LogP contribution in [-0.4, -0.2) is 5.78 Å². The van der Waals surface area contributed by atoms with Gasteiger partial charge in [-0.25, -0.2) is 0 Å². The third-order valence-corrected chi connectivity index (χ3v) is 3.50. The Hall–Kier alpha value is -2.15. The summed E-state index contributed by atoms with van der Waals surface area (Å²) >= 11 is 0. The van der Waals surface area contributed by atoms with Gasteiger partial charge in [0.1, 0.15) is 0 Å². The van der Waals surface area contributed by atoms with Crippen LogP contribution in [0.25, 0.3) is 6.08 Å². The highest BCUT2D eigenvalue weighted by molar-refractivity contribution is 6.06. The minimum atomic E-state index is 0.0389. The minimum Gasteiger partial charge on any atom is -0.289 e. The Morgan fingerprint density at radius 1 is 1.00 bits per heavy atom. The summed E-state index contributed by atoms with van der Waals surface area (Å²) in [7, 11) is 0. The molecular formula is C20H22O. The van der Waals surface area contributed by atoms with Gasteiger partial charge in [0.25, 0.3) is 0 Å². The number of allylic oxidation sites excluding steroid dienone is 1. The average Bonchev–Trinajstić information content (AvgIpc) is 2.44. The van der Waals surface area contributed by atoms with Crippen LogP contribution in [0.1, 0.15) is 47.8 Å². The van der Waals surface area contributed by atoms with Gasteiger partial charge in [-0.15, -0.1) is 0 Å². The molecule has 0 heterocycles. The molecule has 0 N–H and O–H groups in total. The fourth-order valence-electron chi connectivity index (χ4n) is 2.18. The first-order chi connectivity index (χ1) is 9.86. The number of hydrogen-bond donors (Lipinski definition) is 0. The fraction of sp³-hybridized carbons (Fsp3) is 0.250. The molecule has 0 radical (unpaired) electrons. The topological polar surface area (TPSA) is 17.1 Å². The first kappa shape index (κ1) is 15.2. The molecule has 2 aromatic carbocycles. The molecule has 0 amide bonds. The number of carbonyl (C=O) groups excluding carboxylic acids is 1. The fourth-order valence-corrected chi connectivity index (χ4v) is 2.18. The van der Waals surface area contributed by atoms with Gasteiger partial charge >= 0.3 is 0 Å². The number of carbonyl (C=O) groups is 1. The molecule has 21 heavy (non-hydrogen) atoms. The second-order valence-corrected chi connectivity index (χ2v) is 6.44. The van der Waals surface area contributed by atoms with Gasteiger partial charge in [0.15, 0.2) is 5.78 Å². The van der Waals surface area contributed by atoms with Crippen LogP contribution >= 0.6 is 0 Å². The van der Waals surface area contributed by atoms with E-state index in [4.69, 9.17) is 0 Å². The van der Waals surface area contributed by atoms with Crippen molar-refractivity contribution in [2.75, 3.05) is 0 Å². The van der Waals surface area contributed by atoms with Crippen LogP contribution in [0.5, 0.6) is 0 Å². The molecule has 0 atom stereocenters. The highest BCUT2D eigenvalue weighted by atomic mass is 16.1. The maximum Gasteiger partial charge on any atom is 0.185 e. The maximum atomic E-state index is 12.2. The zero-order valence-corrected chi connectivity index (χ0v) is 13.2. The van der Waals surface area contributed by atoms with Gasteiger partial charge in [-0.05, 0) is 29.5 Å². The van der Waals surface area contributed by atoms with Gasteiger partial charge in [0, 0.05) is 5.56 Å². The summed E-state index contributed by atoms with van der Waals surface area (Å²) in [5.74, 6) is 0.0389. The number of rotatable bonds is 3. The largest absolute Gasteiger partial charge is 0.289 e. The lowest BCUT2D eigenvalue weighted by atomic mass is 9.86. The quantitative estimate of drug-likeness (QED) is 0.558. The van der Waals surface area contributed by atoms with Crippen LogP contribution in [0.3, 0.4) is 0 Å². The summed E-state index contributed by atoms with van der Waals surface area (Å²) in [6, 6.07) is 16.0. The molecule has 0 bridgehead atoms. The Balaban J connectivity index is 2.14. The van der Waals surface area contributed by atoms with Gasteiger partial charge in [0.05, 0.1) is 0 Å². The van der Waals surface area contributed by atoms with E-state index in [9.17, 15) is 4.79 Å². The van der Waals surface area contributed by atoms with Crippen LogP contribution in [0, 0.1) is 6.92 Å². The summed E-state index contributed by atoms with van der Waals surface area (Å²) in [5, 5.41) is 0. The predicted molar refractivity (Wildman–Crippen MR) is 89.7 cm³/mol. The molecule has 0 spiro atoms. The van der Waals surface area contributed by atoms with Gasteiger partial charge < -0.3 is 0 Å². The molecule has 2 aromatic rings. The van der Waals surface area contributed by atoms with Crippen LogP contribution in [0.2, 0.25) is 0 Å². The van der Waals surface area contributed by atoms with E-state index in [1.165, 1.54) is 11.1 Å². The molecule has 0 aromatic heterocycles. The van der Waals surface area contributed by atoms with Gasteiger partial charge in [-0.1, -0.05) is 80.9 Å². The molecule has 0 aliphatic rings. The van der Waals surface area contributed by atoms with E-state index >= 15 is 0 Å². The predicted octanol–water partition coefficient (Wildman–Crippen LogP) is 5.19. The van der Waals surface area contributed by atoms with Crippen molar-refractivity contribution in [1.29, 1.82) is 0 Å². The van der Waals surface area contributed by atoms with Crippen molar-refractivity contribution in [2.24, 2.45) is 0 Å². The van der Waals surface area contributed by atoms with Crippen LogP contribution in [0.15, 0.2) is 54.6 Å². The van der Waals surface area contributed by atoms with Crippen LogP contribution in [-0.2, 0) is 5.41 Å². The second kappa shape index (κ2) is 6.09. The highest BCUT2D eigenvalue weighted by Crippen LogP contribution is 2.22. The lowest BCUT2D eigenvalue weighted by Crippen LogP contribution is -2.11. The Labute approximate surface area is 127 Å².